The predicted molar refractivity (Wildman–Crippen MR) is 534 cm³/mol. The van der Waals surface area contributed by atoms with E-state index in [2.05, 4.69) is 126 Å². The van der Waals surface area contributed by atoms with E-state index in [1.165, 1.54) is 75.4 Å². The van der Waals surface area contributed by atoms with E-state index in [4.69, 9.17) is 34.9 Å². The topological polar surface area (TPSA) is 524 Å². The number of rotatable bonds is 21. The lowest BCUT2D eigenvalue weighted by atomic mass is 10.0. The summed E-state index contributed by atoms with van der Waals surface area (Å²) in [5.41, 5.74) is 8.65. The summed E-state index contributed by atoms with van der Waals surface area (Å²) in [5, 5.41) is 109. The predicted octanol–water partition coefficient (Wildman–Crippen LogP) is 21.5. The Morgan fingerprint density at radius 1 is 0.400 bits per heavy atom. The summed E-state index contributed by atoms with van der Waals surface area (Å²) < 4.78 is 15.8. The molecule has 0 spiro atoms. The number of aryl methyl sites for hydroxylation is 1. The van der Waals surface area contributed by atoms with Crippen LogP contribution in [0, 0.1) is 19.7 Å². The Morgan fingerprint density at radius 2 is 0.814 bits per heavy atom. The number of hydrogen-bond acceptors (Lipinski definition) is 31. The SMILES string of the molecule is COC(=O)c1cnn(C)c1N=Nc1c(Oc2ncccn2)c(C(N)=O)cc2ccccc12.[C-]#[N+]c1cnn(-c2ncccn2)c1N=Nc1c(O)c(C(=O)N2CCCC2)cc2cc(CO)ccc12.[C-]#[N+]c1cnn(-c2ncccn2)c1N=Nc1c(O)c(C(=O)Nc2ccc3ccccc3c2)cc2ccccc12.[C-]#[N+]c1cnn(-c2ncccn2)c1N=Nc1c(O)c(C(=O)Nc2cccc3ccccc23)cc2ccccc12. The van der Waals surface area contributed by atoms with Gasteiger partial charge in [0.25, 0.3) is 58.5 Å². The number of phenols is 3. The average molecular weight is 1920 g/mol. The van der Waals surface area contributed by atoms with Crippen LogP contribution < -0.4 is 21.1 Å². The number of amides is 4. The first-order valence-electron chi connectivity index (χ1n) is 43.9. The van der Waals surface area contributed by atoms with Gasteiger partial charge in [0.1, 0.15) is 28.3 Å². The third-order valence-electron chi connectivity index (χ3n) is 22.5. The maximum atomic E-state index is 13.4. The molecule has 9 heterocycles. The van der Waals surface area contributed by atoms with E-state index in [9.17, 15) is 44.4 Å². The molecule has 706 valence electrons. The second kappa shape index (κ2) is 42.6. The van der Waals surface area contributed by atoms with E-state index < -0.39 is 23.7 Å². The summed E-state index contributed by atoms with van der Waals surface area (Å²) >= 11 is 0. The third-order valence-corrected chi connectivity index (χ3v) is 22.5. The zero-order chi connectivity index (χ0) is 101. The lowest BCUT2D eigenvalue weighted by Gasteiger charge is -2.17. The Hall–Kier alpha value is -21.3. The van der Waals surface area contributed by atoms with Gasteiger partial charge in [-0.15, -0.1) is 40.9 Å². The van der Waals surface area contributed by atoms with Gasteiger partial charge in [-0.2, -0.15) is 34.4 Å². The molecule has 8 N–H and O–H groups in total. The number of ether oxygens (including phenoxy) is 2. The zero-order valence-corrected chi connectivity index (χ0v) is 76.1. The van der Waals surface area contributed by atoms with Crippen LogP contribution in [0.5, 0.6) is 29.0 Å². The average Bonchev–Trinajstić information content (AvgIpc) is 1.69. The number of aliphatic hydroxyl groups excluding tert-OH is 1. The van der Waals surface area contributed by atoms with E-state index in [0.29, 0.717) is 73.1 Å². The van der Waals surface area contributed by atoms with Gasteiger partial charge in [0.2, 0.25) is 0 Å². The molecule has 1 aliphatic rings. The number of phenolic OH excluding ortho intramolecular Hbond substituents is 3. The van der Waals surface area contributed by atoms with Crippen molar-refractivity contribution in [3.8, 4) is 46.9 Å². The van der Waals surface area contributed by atoms with Crippen molar-refractivity contribution in [1.82, 2.24) is 83.9 Å². The molecule has 145 heavy (non-hydrogen) atoms. The first-order valence-corrected chi connectivity index (χ1v) is 43.9. The maximum Gasteiger partial charge on any atom is 0.343 e. The molecule has 8 aromatic heterocycles. The number of aliphatic hydroxyl groups is 1. The molecule has 0 unspecified atom stereocenters. The first-order chi connectivity index (χ1) is 70.8. The number of anilines is 2. The van der Waals surface area contributed by atoms with Gasteiger partial charge in [-0.1, -0.05) is 152 Å². The normalized spacial score (nSPS) is 11.7. The minimum Gasteiger partial charge on any atom is -0.505 e. The Labute approximate surface area is 819 Å². The van der Waals surface area contributed by atoms with Gasteiger partial charge >= 0.3 is 12.0 Å². The number of carbonyl (C=O) groups is 5. The second-order valence-electron chi connectivity index (χ2n) is 31.4. The number of hydrogen-bond donors (Lipinski definition) is 7. The standard InChI is InChI=1S/2C29H18N8O2.C24H20N8O3.C21H17N7O4/c1-30-24-17-33-37(29-31-14-7-15-32-29)27(24)36-35-25-21-12-5-3-9-19(21)16-22(26(25)38)28(39)34-23-13-6-10-18-8-2-4-11-20(18)23;1-30-24-17-33-37(29-31-13-6-14-32-29)27(24)36-35-25-22-10-5-4-9-20(22)16-23(26(25)38)28(39)34-21-12-11-18-7-2-3-8-19(18)15-21;1-25-19-13-28-32(24-26-7-4-8-27-24)22(19)30-29-20-17-6-5-15(14-33)11-16(17)12-18(21(20)34)23(35)31-9-2-3-10-31;1-28-19(15(11-25-28)20(30)31-2)27-26-16-13-7-4-3-6-12(13)10-14(18(22)29)17(16)32-21-23-8-5-9-24-21/h2*2-17,38H,(H,34,39);4-8,11-13,33-34H,2-3,9-10,14H2;3-11H,1-2H3,(H2,22,29). The first kappa shape index (κ1) is 94.1. The van der Waals surface area contributed by atoms with Gasteiger partial charge in [0.15, 0.2) is 46.3 Å². The number of aromatic hydroxyl groups is 3. The molecular weight excluding hydrogens is 1850 g/mol. The third kappa shape index (κ3) is 20.0. The van der Waals surface area contributed by atoms with E-state index in [-0.39, 0.29) is 150 Å². The number of primary amides is 1. The number of nitrogens with two attached hydrogens (primary N) is 1. The zero-order valence-electron chi connectivity index (χ0n) is 76.1. The Morgan fingerprint density at radius 3 is 1.30 bits per heavy atom. The highest BCUT2D eigenvalue weighted by atomic mass is 16.5. The summed E-state index contributed by atoms with van der Waals surface area (Å²) in [6.45, 7) is 23.5. The monoisotopic (exact) mass is 1920 g/mol. The molecule has 1 aliphatic heterocycles. The number of benzene rings is 12. The van der Waals surface area contributed by atoms with Crippen LogP contribution in [0.25, 0.3) is 97.0 Å². The molecule has 42 nitrogen and oxygen atoms in total. The van der Waals surface area contributed by atoms with Crippen molar-refractivity contribution in [3.63, 3.8) is 0 Å². The van der Waals surface area contributed by atoms with Crippen molar-refractivity contribution in [1.29, 1.82) is 0 Å². The van der Waals surface area contributed by atoms with Gasteiger partial charge < -0.3 is 51.2 Å². The fourth-order valence-electron chi connectivity index (χ4n) is 15.5. The molecule has 0 saturated carbocycles. The van der Waals surface area contributed by atoms with Crippen molar-refractivity contribution in [2.24, 2.45) is 53.7 Å². The minimum absolute atomic E-state index is 0.00230. The highest BCUT2D eigenvalue weighted by Gasteiger charge is 2.30. The lowest BCUT2D eigenvalue weighted by molar-refractivity contribution is 0.0600. The van der Waals surface area contributed by atoms with Gasteiger partial charge in [0, 0.05) is 108 Å². The van der Waals surface area contributed by atoms with E-state index >= 15 is 0 Å². The van der Waals surface area contributed by atoms with E-state index in [1.54, 1.807) is 158 Å². The molecule has 42 heteroatoms. The second-order valence-corrected chi connectivity index (χ2v) is 31.4. The number of methoxy groups -OCH3 is 1. The van der Waals surface area contributed by atoms with Gasteiger partial charge in [-0.25, -0.2) is 63.9 Å². The van der Waals surface area contributed by atoms with Crippen LogP contribution in [0.1, 0.15) is 70.2 Å². The van der Waals surface area contributed by atoms with Crippen LogP contribution in [-0.4, -0.2) is 154 Å². The molecule has 1 fully saturated rings. The summed E-state index contributed by atoms with van der Waals surface area (Å²) in [4.78, 5) is 109. The fourth-order valence-corrected chi connectivity index (χ4v) is 15.5. The number of fused-ring (bicyclic) bond motifs is 6. The summed E-state index contributed by atoms with van der Waals surface area (Å²) in [5.74, 6) is -2.56. The summed E-state index contributed by atoms with van der Waals surface area (Å²) in [6, 6.07) is 66.5. The van der Waals surface area contributed by atoms with Gasteiger partial charge in [0.05, 0.1) is 80.5 Å². The van der Waals surface area contributed by atoms with E-state index in [0.717, 1.165) is 34.4 Å². The number of carbonyl (C=O) groups excluding carboxylic acids is 5. The summed E-state index contributed by atoms with van der Waals surface area (Å²) in [6.07, 6.45) is 19.4. The number of nitrogens with one attached hydrogen (secondary N) is 2. The van der Waals surface area contributed by atoms with Crippen LogP contribution in [0.15, 0.2) is 340 Å². The van der Waals surface area contributed by atoms with Crippen LogP contribution in [-0.2, 0) is 18.4 Å². The molecule has 4 amide bonds. The molecule has 1 saturated heterocycles. The molecule has 0 bridgehead atoms. The molecule has 12 aromatic carbocycles. The number of nitrogens with zero attached hydrogens (tertiary/aromatic N) is 28. The van der Waals surface area contributed by atoms with Gasteiger partial charge in [-0.05, 0) is 129 Å². The smallest absolute Gasteiger partial charge is 0.343 e. The minimum atomic E-state index is -0.728. The number of azo groups is 4. The number of aromatic nitrogens is 16. The molecule has 20 aromatic rings. The Kier molecular flexibility index (Phi) is 27.6. The highest BCUT2D eigenvalue weighted by molar-refractivity contribution is 6.16. The van der Waals surface area contributed by atoms with Crippen molar-refractivity contribution in [2.45, 2.75) is 19.4 Å². The highest BCUT2D eigenvalue weighted by Crippen LogP contribution is 2.48. The van der Waals surface area contributed by atoms with Crippen molar-refractivity contribution < 1.29 is 53.9 Å². The molecular formula is C103H73N31O11. The van der Waals surface area contributed by atoms with E-state index in [1.807, 2.05) is 103 Å². The molecule has 0 radical (unpaired) electrons. The number of esters is 1. The molecule has 21 rings (SSSR count). The lowest BCUT2D eigenvalue weighted by Crippen LogP contribution is -2.27. The van der Waals surface area contributed by atoms with Crippen LogP contribution in [0.2, 0.25) is 0 Å². The van der Waals surface area contributed by atoms with Crippen molar-refractivity contribution in [3.05, 3.63) is 366 Å². The largest absolute Gasteiger partial charge is 0.505 e. The van der Waals surface area contributed by atoms with Crippen molar-refractivity contribution in [2.75, 3.05) is 30.8 Å². The van der Waals surface area contributed by atoms with Crippen molar-refractivity contribution >= 4 is 169 Å². The Bertz CT molecular complexity index is 8700. The van der Waals surface area contributed by atoms with Crippen LogP contribution in [0.4, 0.5) is 74.5 Å². The molecule has 0 aliphatic carbocycles. The maximum absolute atomic E-state index is 13.4. The van der Waals surface area contributed by atoms with Gasteiger partial charge in [-0.3, -0.25) is 19.2 Å². The summed E-state index contributed by atoms with van der Waals surface area (Å²) in [7, 11) is 2.86. The van der Waals surface area contributed by atoms with Crippen LogP contribution in [0.3, 0.4) is 0 Å². The Balaban J connectivity index is 0.000000127. The fraction of sp³-hybridized carbons (Fsp3) is 0.0680. The van der Waals surface area contributed by atoms with Crippen LogP contribution >= 0.6 is 0 Å². The quantitative estimate of drug-likeness (QED) is 0.0199. The number of likely N-dealkylation sites (tertiary alicyclic amines) is 1. The molecule has 0 atom stereocenters.